The average Bonchev–Trinajstić information content (AvgIpc) is 2.26. The molecule has 0 saturated carbocycles. The molecule has 3 nitrogen and oxygen atoms in total. The molecular formula is C11H12ClFN2O. The fourth-order valence-electron chi connectivity index (χ4n) is 1.85. The van der Waals surface area contributed by atoms with E-state index in [1.54, 1.807) is 6.07 Å². The van der Waals surface area contributed by atoms with Crippen LogP contribution in [0.15, 0.2) is 18.2 Å². The van der Waals surface area contributed by atoms with E-state index in [0.717, 1.165) is 0 Å². The molecule has 1 fully saturated rings. The molecule has 0 bridgehead atoms. The summed E-state index contributed by atoms with van der Waals surface area (Å²) in [6.07, 6.45) is 1.04. The highest BCUT2D eigenvalue weighted by molar-refractivity contribution is 6.30. The van der Waals surface area contributed by atoms with E-state index in [9.17, 15) is 9.18 Å². The molecule has 3 N–H and O–H groups in total. The largest absolute Gasteiger partial charge is 0.348 e. The third-order valence-electron chi connectivity index (χ3n) is 2.75. The molecular weight excluding hydrogens is 231 g/mol. The Labute approximate surface area is 97.8 Å². The maximum absolute atomic E-state index is 13.3. The Morgan fingerprint density at radius 3 is 2.94 bits per heavy atom. The minimum atomic E-state index is -0.494. The average molecular weight is 243 g/mol. The molecule has 1 aromatic carbocycles. The Hall–Kier alpha value is -1.13. The van der Waals surface area contributed by atoms with Crippen molar-refractivity contribution in [3.8, 4) is 0 Å². The molecule has 1 heterocycles. The highest BCUT2D eigenvalue weighted by Crippen LogP contribution is 2.25. The molecule has 1 aliphatic heterocycles. The Bertz CT molecular complexity index is 424. The van der Waals surface area contributed by atoms with Gasteiger partial charge in [-0.15, -0.1) is 0 Å². The molecule has 0 radical (unpaired) electrons. The van der Waals surface area contributed by atoms with Crippen molar-refractivity contribution in [1.82, 2.24) is 5.32 Å². The van der Waals surface area contributed by atoms with E-state index >= 15 is 0 Å². The third-order valence-corrected chi connectivity index (χ3v) is 3.06. The molecule has 2 unspecified atom stereocenters. The zero-order valence-electron chi connectivity index (χ0n) is 8.54. The third kappa shape index (κ3) is 2.18. The van der Waals surface area contributed by atoms with Crippen LogP contribution in [0.3, 0.4) is 0 Å². The van der Waals surface area contributed by atoms with Crippen LogP contribution in [0.1, 0.15) is 24.4 Å². The number of rotatable bonds is 1. The Kier molecular flexibility index (Phi) is 3.12. The maximum atomic E-state index is 13.3. The standard InChI is InChI=1S/C11H12ClFN2O/c12-7-2-1-6(5-8(7)13)11-9(14)3-4-10(16)15-11/h1-2,5,9,11H,3-4,14H2,(H,15,16). The number of nitrogens with two attached hydrogens (primary N) is 1. The quantitative estimate of drug-likeness (QED) is 0.789. The molecule has 1 saturated heterocycles. The first kappa shape index (κ1) is 11.4. The lowest BCUT2D eigenvalue weighted by atomic mass is 9.93. The van der Waals surface area contributed by atoms with Gasteiger partial charge in [-0.25, -0.2) is 4.39 Å². The SMILES string of the molecule is NC1CCC(=O)NC1c1ccc(Cl)c(F)c1. The van der Waals surface area contributed by atoms with Gasteiger partial charge in [0.1, 0.15) is 5.82 Å². The van der Waals surface area contributed by atoms with Crippen molar-refractivity contribution in [2.75, 3.05) is 0 Å². The summed E-state index contributed by atoms with van der Waals surface area (Å²) in [6, 6.07) is 3.96. The second-order valence-electron chi connectivity index (χ2n) is 3.92. The Balaban J connectivity index is 2.28. The van der Waals surface area contributed by atoms with Crippen LogP contribution in [-0.4, -0.2) is 11.9 Å². The van der Waals surface area contributed by atoms with Crippen LogP contribution >= 0.6 is 11.6 Å². The number of amides is 1. The van der Waals surface area contributed by atoms with Crippen LogP contribution in [0.5, 0.6) is 0 Å². The van der Waals surface area contributed by atoms with E-state index in [-0.39, 0.29) is 23.0 Å². The first-order valence-corrected chi connectivity index (χ1v) is 5.45. The van der Waals surface area contributed by atoms with Crippen LogP contribution < -0.4 is 11.1 Å². The number of benzene rings is 1. The van der Waals surface area contributed by atoms with Gasteiger partial charge in [-0.3, -0.25) is 4.79 Å². The fraction of sp³-hybridized carbons (Fsp3) is 0.364. The van der Waals surface area contributed by atoms with Crippen molar-refractivity contribution < 1.29 is 9.18 Å². The summed E-state index contributed by atoms with van der Waals surface area (Å²) in [7, 11) is 0. The summed E-state index contributed by atoms with van der Waals surface area (Å²) < 4.78 is 13.3. The highest BCUT2D eigenvalue weighted by atomic mass is 35.5. The summed E-state index contributed by atoms with van der Waals surface area (Å²) in [6.45, 7) is 0. The van der Waals surface area contributed by atoms with E-state index in [1.807, 2.05) is 0 Å². The van der Waals surface area contributed by atoms with Gasteiger partial charge in [0.25, 0.3) is 0 Å². The molecule has 0 aliphatic carbocycles. The van der Waals surface area contributed by atoms with E-state index in [2.05, 4.69) is 5.32 Å². The lowest BCUT2D eigenvalue weighted by Crippen LogP contribution is -2.45. The summed E-state index contributed by atoms with van der Waals surface area (Å²) >= 11 is 5.59. The van der Waals surface area contributed by atoms with E-state index in [1.165, 1.54) is 12.1 Å². The monoisotopic (exact) mass is 242 g/mol. The molecule has 1 aromatic rings. The summed E-state index contributed by atoms with van der Waals surface area (Å²) in [5.74, 6) is -0.548. The number of hydrogen-bond donors (Lipinski definition) is 2. The zero-order chi connectivity index (χ0) is 11.7. The van der Waals surface area contributed by atoms with Gasteiger partial charge in [0.05, 0.1) is 11.1 Å². The van der Waals surface area contributed by atoms with Gasteiger partial charge in [0, 0.05) is 12.5 Å². The van der Waals surface area contributed by atoms with E-state index < -0.39 is 5.82 Å². The van der Waals surface area contributed by atoms with Crippen molar-refractivity contribution in [2.24, 2.45) is 5.73 Å². The Morgan fingerprint density at radius 2 is 2.25 bits per heavy atom. The normalized spacial score (nSPS) is 25.3. The van der Waals surface area contributed by atoms with Gasteiger partial charge in [-0.05, 0) is 24.1 Å². The molecule has 5 heteroatoms. The Morgan fingerprint density at radius 1 is 1.50 bits per heavy atom. The highest BCUT2D eigenvalue weighted by Gasteiger charge is 2.27. The van der Waals surface area contributed by atoms with Gasteiger partial charge >= 0.3 is 0 Å². The molecule has 2 rings (SSSR count). The fourth-order valence-corrected chi connectivity index (χ4v) is 1.97. The first-order valence-electron chi connectivity index (χ1n) is 5.08. The molecule has 2 atom stereocenters. The number of nitrogens with one attached hydrogen (secondary N) is 1. The van der Waals surface area contributed by atoms with Gasteiger partial charge in [-0.1, -0.05) is 17.7 Å². The zero-order valence-corrected chi connectivity index (χ0v) is 9.30. The van der Waals surface area contributed by atoms with Crippen molar-refractivity contribution in [1.29, 1.82) is 0 Å². The van der Waals surface area contributed by atoms with Crippen LogP contribution in [0, 0.1) is 5.82 Å². The van der Waals surface area contributed by atoms with Gasteiger partial charge in [0.15, 0.2) is 0 Å². The summed E-state index contributed by atoms with van der Waals surface area (Å²) in [4.78, 5) is 11.3. The van der Waals surface area contributed by atoms with Crippen LogP contribution in [0.25, 0.3) is 0 Å². The second kappa shape index (κ2) is 4.39. The molecule has 86 valence electrons. The first-order chi connectivity index (χ1) is 7.58. The van der Waals surface area contributed by atoms with Crippen molar-refractivity contribution in [3.05, 3.63) is 34.6 Å². The summed E-state index contributed by atoms with van der Waals surface area (Å²) in [5.41, 5.74) is 6.55. The van der Waals surface area contributed by atoms with Crippen molar-refractivity contribution in [3.63, 3.8) is 0 Å². The number of halogens is 2. The van der Waals surface area contributed by atoms with Gasteiger partial charge < -0.3 is 11.1 Å². The minimum absolute atomic E-state index is 0.0536. The van der Waals surface area contributed by atoms with Crippen molar-refractivity contribution in [2.45, 2.75) is 24.9 Å². The maximum Gasteiger partial charge on any atom is 0.220 e. The minimum Gasteiger partial charge on any atom is -0.348 e. The molecule has 1 aliphatic rings. The summed E-state index contributed by atoms with van der Waals surface area (Å²) in [5, 5.41) is 2.82. The molecule has 1 amide bonds. The van der Waals surface area contributed by atoms with E-state index in [0.29, 0.717) is 18.4 Å². The number of carbonyl (C=O) groups is 1. The number of carbonyl (C=O) groups excluding carboxylic acids is 1. The van der Waals surface area contributed by atoms with Crippen LogP contribution in [0.4, 0.5) is 4.39 Å². The van der Waals surface area contributed by atoms with Gasteiger partial charge in [0.2, 0.25) is 5.91 Å². The number of hydrogen-bond acceptors (Lipinski definition) is 2. The predicted octanol–water partition coefficient (Wildman–Crippen LogP) is 1.76. The number of piperidine rings is 1. The lowest BCUT2D eigenvalue weighted by Gasteiger charge is -2.29. The second-order valence-corrected chi connectivity index (χ2v) is 4.33. The molecule has 0 spiro atoms. The van der Waals surface area contributed by atoms with E-state index in [4.69, 9.17) is 17.3 Å². The molecule has 16 heavy (non-hydrogen) atoms. The van der Waals surface area contributed by atoms with Crippen molar-refractivity contribution >= 4 is 17.5 Å². The lowest BCUT2D eigenvalue weighted by molar-refractivity contribution is -0.123. The predicted molar refractivity (Wildman–Crippen MR) is 59.5 cm³/mol. The van der Waals surface area contributed by atoms with Gasteiger partial charge in [-0.2, -0.15) is 0 Å². The molecule has 0 aromatic heterocycles. The van der Waals surface area contributed by atoms with Crippen LogP contribution in [0.2, 0.25) is 5.02 Å². The smallest absolute Gasteiger partial charge is 0.220 e. The topological polar surface area (TPSA) is 55.1 Å². The van der Waals surface area contributed by atoms with Crippen LogP contribution in [-0.2, 0) is 4.79 Å².